The molecule has 1 heterocycles. The SMILES string of the molecule is COc1ccc(C2NC(=O)NC(C)=C2C(=O)OC2CCCC2C)cc1Br. The van der Waals surface area contributed by atoms with Gasteiger partial charge in [0.05, 0.1) is 23.2 Å². The Bertz CT molecular complexity index is 762. The second kappa shape index (κ2) is 7.70. The summed E-state index contributed by atoms with van der Waals surface area (Å²) in [7, 11) is 1.59. The number of methoxy groups -OCH3 is 1. The number of rotatable bonds is 4. The Balaban J connectivity index is 1.91. The van der Waals surface area contributed by atoms with E-state index in [4.69, 9.17) is 9.47 Å². The monoisotopic (exact) mass is 422 g/mol. The van der Waals surface area contributed by atoms with Crippen LogP contribution in [0.5, 0.6) is 5.75 Å². The molecule has 0 bridgehead atoms. The number of amides is 2. The molecule has 7 heteroatoms. The minimum absolute atomic E-state index is 0.0660. The van der Waals surface area contributed by atoms with Gasteiger partial charge >= 0.3 is 12.0 Å². The Hall–Kier alpha value is -2.02. The van der Waals surface area contributed by atoms with Gasteiger partial charge in [-0.05, 0) is 65.7 Å². The standard InChI is InChI=1S/C19H23BrN2O4/c1-10-5-4-6-14(10)26-18(23)16-11(2)21-19(24)22-17(16)12-7-8-15(25-3)13(20)9-12/h7-10,14,17H,4-6H2,1-3H3,(H2,21,22,24). The minimum atomic E-state index is -0.574. The first kappa shape index (κ1) is 18.8. The lowest BCUT2D eigenvalue weighted by atomic mass is 9.95. The summed E-state index contributed by atoms with van der Waals surface area (Å²) in [6.07, 6.45) is 2.96. The number of urea groups is 1. The Labute approximate surface area is 161 Å². The molecule has 26 heavy (non-hydrogen) atoms. The molecule has 3 rings (SSSR count). The highest BCUT2D eigenvalue weighted by atomic mass is 79.9. The molecule has 2 aliphatic rings. The molecule has 0 spiro atoms. The highest BCUT2D eigenvalue weighted by molar-refractivity contribution is 9.10. The summed E-state index contributed by atoms with van der Waals surface area (Å²) < 4.78 is 11.8. The molecule has 1 aliphatic heterocycles. The molecule has 1 aliphatic carbocycles. The summed E-state index contributed by atoms with van der Waals surface area (Å²) in [5.74, 6) is 0.656. The average Bonchev–Trinajstić information content (AvgIpc) is 2.98. The lowest BCUT2D eigenvalue weighted by Crippen LogP contribution is -2.45. The number of halogens is 1. The molecule has 1 aromatic rings. The van der Waals surface area contributed by atoms with E-state index in [2.05, 4.69) is 33.5 Å². The van der Waals surface area contributed by atoms with Crippen LogP contribution < -0.4 is 15.4 Å². The first-order chi connectivity index (χ1) is 12.4. The zero-order valence-electron chi connectivity index (χ0n) is 15.1. The quantitative estimate of drug-likeness (QED) is 0.722. The van der Waals surface area contributed by atoms with Crippen LogP contribution in [0.1, 0.15) is 44.7 Å². The van der Waals surface area contributed by atoms with Gasteiger partial charge in [-0.3, -0.25) is 0 Å². The number of benzene rings is 1. The van der Waals surface area contributed by atoms with Gasteiger partial charge < -0.3 is 20.1 Å². The first-order valence-electron chi connectivity index (χ1n) is 8.73. The summed E-state index contributed by atoms with van der Waals surface area (Å²) in [4.78, 5) is 24.9. The van der Waals surface area contributed by atoms with Gasteiger partial charge in [-0.1, -0.05) is 13.0 Å². The van der Waals surface area contributed by atoms with Crippen molar-refractivity contribution in [2.75, 3.05) is 7.11 Å². The molecule has 2 amide bonds. The zero-order chi connectivity index (χ0) is 18.8. The second-order valence-corrected chi connectivity index (χ2v) is 7.67. The van der Waals surface area contributed by atoms with E-state index in [9.17, 15) is 9.59 Å². The van der Waals surface area contributed by atoms with Gasteiger partial charge in [0.15, 0.2) is 0 Å². The Morgan fingerprint density at radius 1 is 1.31 bits per heavy atom. The summed E-state index contributed by atoms with van der Waals surface area (Å²) in [5, 5.41) is 5.50. The van der Waals surface area contributed by atoms with Crippen LogP contribution in [0.4, 0.5) is 4.79 Å². The maximum atomic E-state index is 12.9. The predicted molar refractivity (Wildman–Crippen MR) is 101 cm³/mol. The van der Waals surface area contributed by atoms with E-state index in [1.54, 1.807) is 20.1 Å². The topological polar surface area (TPSA) is 76.7 Å². The molecule has 6 nitrogen and oxygen atoms in total. The van der Waals surface area contributed by atoms with Crippen molar-refractivity contribution in [1.29, 1.82) is 0 Å². The van der Waals surface area contributed by atoms with Crippen molar-refractivity contribution in [2.24, 2.45) is 5.92 Å². The molecular weight excluding hydrogens is 400 g/mol. The molecule has 1 aromatic carbocycles. The molecule has 3 unspecified atom stereocenters. The van der Waals surface area contributed by atoms with Crippen LogP contribution >= 0.6 is 15.9 Å². The molecule has 0 radical (unpaired) electrons. The summed E-state index contributed by atoms with van der Waals surface area (Å²) in [5.41, 5.74) is 1.72. The zero-order valence-corrected chi connectivity index (χ0v) is 16.7. The van der Waals surface area contributed by atoms with Crippen LogP contribution in [0, 0.1) is 5.92 Å². The van der Waals surface area contributed by atoms with Crippen molar-refractivity contribution < 1.29 is 19.1 Å². The number of esters is 1. The second-order valence-electron chi connectivity index (χ2n) is 6.82. The lowest BCUT2D eigenvalue weighted by Gasteiger charge is -2.29. The van der Waals surface area contributed by atoms with Crippen molar-refractivity contribution in [1.82, 2.24) is 10.6 Å². The fourth-order valence-corrected chi connectivity index (χ4v) is 4.12. The first-order valence-corrected chi connectivity index (χ1v) is 9.52. The van der Waals surface area contributed by atoms with Gasteiger partial charge in [-0.2, -0.15) is 0 Å². The average molecular weight is 423 g/mol. The van der Waals surface area contributed by atoms with Gasteiger partial charge in [0.2, 0.25) is 0 Å². The Morgan fingerprint density at radius 3 is 2.69 bits per heavy atom. The molecule has 0 saturated heterocycles. The van der Waals surface area contributed by atoms with Gasteiger partial charge in [-0.25, -0.2) is 9.59 Å². The van der Waals surface area contributed by atoms with Crippen molar-refractivity contribution in [3.8, 4) is 5.75 Å². The Morgan fingerprint density at radius 2 is 2.08 bits per heavy atom. The highest BCUT2D eigenvalue weighted by Gasteiger charge is 2.35. The maximum absolute atomic E-state index is 12.9. The van der Waals surface area contributed by atoms with E-state index in [0.717, 1.165) is 29.3 Å². The van der Waals surface area contributed by atoms with Crippen LogP contribution in [0.3, 0.4) is 0 Å². The molecule has 3 atom stereocenters. The van der Waals surface area contributed by atoms with Crippen molar-refractivity contribution in [3.63, 3.8) is 0 Å². The van der Waals surface area contributed by atoms with Crippen molar-refractivity contribution in [3.05, 3.63) is 39.5 Å². The molecule has 1 saturated carbocycles. The molecular formula is C19H23BrN2O4. The van der Waals surface area contributed by atoms with Crippen LogP contribution in [-0.4, -0.2) is 25.2 Å². The largest absolute Gasteiger partial charge is 0.496 e. The van der Waals surface area contributed by atoms with E-state index in [1.807, 2.05) is 12.1 Å². The summed E-state index contributed by atoms with van der Waals surface area (Å²) >= 11 is 3.45. The predicted octanol–water partition coefficient (Wildman–Crippen LogP) is 3.82. The molecule has 2 N–H and O–H groups in total. The lowest BCUT2D eigenvalue weighted by molar-refractivity contribution is -0.146. The number of carbonyl (C=O) groups is 2. The van der Waals surface area contributed by atoms with Crippen LogP contribution in [-0.2, 0) is 9.53 Å². The molecule has 0 aromatic heterocycles. The number of ether oxygens (including phenoxy) is 2. The number of hydrogen-bond acceptors (Lipinski definition) is 4. The fourth-order valence-electron chi connectivity index (χ4n) is 3.56. The van der Waals surface area contributed by atoms with E-state index in [-0.39, 0.29) is 18.1 Å². The normalized spacial score (nSPS) is 25.5. The van der Waals surface area contributed by atoms with Gasteiger partial charge in [0, 0.05) is 5.70 Å². The van der Waals surface area contributed by atoms with Crippen LogP contribution in [0.2, 0.25) is 0 Å². The van der Waals surface area contributed by atoms with Crippen LogP contribution in [0.25, 0.3) is 0 Å². The van der Waals surface area contributed by atoms with E-state index in [0.29, 0.717) is 22.9 Å². The molecule has 1 fully saturated rings. The van der Waals surface area contributed by atoms with Gasteiger partial charge in [0.25, 0.3) is 0 Å². The number of allylic oxidation sites excluding steroid dienone is 1. The van der Waals surface area contributed by atoms with E-state index >= 15 is 0 Å². The number of nitrogens with one attached hydrogen (secondary N) is 2. The van der Waals surface area contributed by atoms with Crippen LogP contribution in [0.15, 0.2) is 33.9 Å². The number of carbonyl (C=O) groups excluding carboxylic acids is 2. The number of hydrogen-bond donors (Lipinski definition) is 2. The Kier molecular flexibility index (Phi) is 5.55. The molecule has 140 valence electrons. The third-order valence-electron chi connectivity index (χ3n) is 5.04. The smallest absolute Gasteiger partial charge is 0.338 e. The minimum Gasteiger partial charge on any atom is -0.496 e. The maximum Gasteiger partial charge on any atom is 0.338 e. The van der Waals surface area contributed by atoms with Gasteiger partial charge in [0.1, 0.15) is 11.9 Å². The van der Waals surface area contributed by atoms with Crippen molar-refractivity contribution in [2.45, 2.75) is 45.3 Å². The summed E-state index contributed by atoms with van der Waals surface area (Å²) in [6.45, 7) is 3.82. The van der Waals surface area contributed by atoms with Crippen molar-refractivity contribution >= 4 is 27.9 Å². The third kappa shape index (κ3) is 3.72. The fraction of sp³-hybridized carbons (Fsp3) is 0.474. The highest BCUT2D eigenvalue weighted by Crippen LogP contribution is 2.34. The summed E-state index contributed by atoms with van der Waals surface area (Å²) in [6, 6.07) is 4.55. The van der Waals surface area contributed by atoms with Gasteiger partial charge in [-0.15, -0.1) is 0 Å². The van der Waals surface area contributed by atoms with E-state index in [1.165, 1.54) is 0 Å². The van der Waals surface area contributed by atoms with E-state index < -0.39 is 6.04 Å². The third-order valence-corrected chi connectivity index (χ3v) is 5.66.